The highest BCUT2D eigenvalue weighted by molar-refractivity contribution is 6.00. The number of carbonyl (C=O) groups excluding carboxylic acids is 1. The molecule has 0 aliphatic rings. The Morgan fingerprint density at radius 3 is 2.50 bits per heavy atom. The van der Waals surface area contributed by atoms with Crippen molar-refractivity contribution in [3.63, 3.8) is 0 Å². The highest BCUT2D eigenvalue weighted by Gasteiger charge is 2.32. The van der Waals surface area contributed by atoms with E-state index in [0.29, 0.717) is 31.3 Å². The van der Waals surface area contributed by atoms with Crippen LogP contribution in [0.2, 0.25) is 0 Å². The predicted molar refractivity (Wildman–Crippen MR) is 106 cm³/mol. The van der Waals surface area contributed by atoms with E-state index in [0.717, 1.165) is 12.3 Å². The molecule has 1 atom stereocenters. The van der Waals surface area contributed by atoms with E-state index in [2.05, 4.69) is 20.2 Å². The second kappa shape index (κ2) is 9.41. The third-order valence-corrected chi connectivity index (χ3v) is 4.92. The van der Waals surface area contributed by atoms with Crippen LogP contribution in [0.5, 0.6) is 0 Å². The Kier molecular flexibility index (Phi) is 6.85. The lowest BCUT2D eigenvalue weighted by Gasteiger charge is -2.28. The molecule has 0 fully saturated rings. The van der Waals surface area contributed by atoms with Gasteiger partial charge in [0.15, 0.2) is 5.69 Å². The quantitative estimate of drug-likeness (QED) is 0.493. The first kappa shape index (κ1) is 23.3. The number of carbonyl (C=O) groups is 1. The van der Waals surface area contributed by atoms with Crippen molar-refractivity contribution in [2.45, 2.75) is 45.8 Å². The van der Waals surface area contributed by atoms with Crippen molar-refractivity contribution in [2.75, 3.05) is 6.54 Å². The Labute approximate surface area is 181 Å². The van der Waals surface area contributed by atoms with Crippen molar-refractivity contribution in [1.29, 1.82) is 0 Å². The van der Waals surface area contributed by atoms with Crippen LogP contribution < -0.4 is 0 Å². The maximum atomic E-state index is 13.9. The monoisotopic (exact) mass is 451 g/mol. The summed E-state index contributed by atoms with van der Waals surface area (Å²) in [5, 5.41) is 7.61. The van der Waals surface area contributed by atoms with E-state index in [1.807, 2.05) is 6.92 Å². The van der Waals surface area contributed by atoms with Crippen LogP contribution in [0.15, 0.2) is 35.0 Å². The molecule has 1 aromatic carbocycles. The van der Waals surface area contributed by atoms with E-state index in [9.17, 15) is 22.4 Å². The van der Waals surface area contributed by atoms with Crippen LogP contribution in [-0.4, -0.2) is 43.6 Å². The van der Waals surface area contributed by atoms with E-state index in [-0.39, 0.29) is 34.9 Å². The molecule has 0 N–H and O–H groups in total. The summed E-state index contributed by atoms with van der Waals surface area (Å²) in [7, 11) is 0. The maximum absolute atomic E-state index is 13.9. The SMILES string of the molecule is CCN(C(=O)c1ccc(F)cc1-c1nnc(C)o1)[C@@H](C)CCc1cnc(C(F)(F)F)cn1. The summed E-state index contributed by atoms with van der Waals surface area (Å²) in [6.07, 6.45) is -2.00. The number of halogens is 4. The van der Waals surface area contributed by atoms with Crippen LogP contribution in [0.4, 0.5) is 17.6 Å². The molecule has 0 unspecified atom stereocenters. The largest absolute Gasteiger partial charge is 0.434 e. The van der Waals surface area contributed by atoms with E-state index < -0.39 is 17.7 Å². The van der Waals surface area contributed by atoms with Crippen LogP contribution in [0.1, 0.15) is 47.9 Å². The average molecular weight is 451 g/mol. The summed E-state index contributed by atoms with van der Waals surface area (Å²) in [4.78, 5) is 22.1. The first-order chi connectivity index (χ1) is 15.1. The van der Waals surface area contributed by atoms with Crippen LogP contribution in [0.3, 0.4) is 0 Å². The van der Waals surface area contributed by atoms with Gasteiger partial charge in [-0.3, -0.25) is 9.78 Å². The highest BCUT2D eigenvalue weighted by atomic mass is 19.4. The fourth-order valence-electron chi connectivity index (χ4n) is 3.24. The molecule has 2 heterocycles. The van der Waals surface area contributed by atoms with E-state index in [1.165, 1.54) is 12.1 Å². The first-order valence-electron chi connectivity index (χ1n) is 9.89. The van der Waals surface area contributed by atoms with Gasteiger partial charge in [0.05, 0.1) is 23.0 Å². The van der Waals surface area contributed by atoms with Gasteiger partial charge in [0.25, 0.3) is 5.91 Å². The Hall–Kier alpha value is -3.37. The maximum Gasteiger partial charge on any atom is 0.434 e. The number of nitrogens with zero attached hydrogens (tertiary/aromatic N) is 5. The van der Waals surface area contributed by atoms with Crippen molar-refractivity contribution in [3.05, 3.63) is 59.3 Å². The molecule has 0 aliphatic carbocycles. The Morgan fingerprint density at radius 2 is 1.94 bits per heavy atom. The Morgan fingerprint density at radius 1 is 1.19 bits per heavy atom. The number of aromatic nitrogens is 4. The summed E-state index contributed by atoms with van der Waals surface area (Å²) in [5.74, 6) is -0.594. The molecule has 0 aliphatic heterocycles. The smallest absolute Gasteiger partial charge is 0.421 e. The highest BCUT2D eigenvalue weighted by Crippen LogP contribution is 2.27. The minimum atomic E-state index is -4.55. The molecule has 11 heteroatoms. The van der Waals surface area contributed by atoms with Gasteiger partial charge in [0.2, 0.25) is 11.8 Å². The second-order valence-corrected chi connectivity index (χ2v) is 7.19. The molecule has 7 nitrogen and oxygen atoms in total. The fraction of sp³-hybridized carbons (Fsp3) is 0.381. The van der Waals surface area contributed by atoms with Gasteiger partial charge in [-0.2, -0.15) is 13.2 Å². The molecule has 2 aromatic heterocycles. The molecule has 1 amide bonds. The zero-order valence-corrected chi connectivity index (χ0v) is 17.6. The molecule has 0 radical (unpaired) electrons. The van der Waals surface area contributed by atoms with E-state index >= 15 is 0 Å². The Bertz CT molecular complexity index is 1080. The average Bonchev–Trinajstić information content (AvgIpc) is 3.18. The van der Waals surface area contributed by atoms with Gasteiger partial charge in [0, 0.05) is 25.7 Å². The number of benzene rings is 1. The molecular weight excluding hydrogens is 430 g/mol. The first-order valence-corrected chi connectivity index (χ1v) is 9.89. The lowest BCUT2D eigenvalue weighted by molar-refractivity contribution is -0.141. The van der Waals surface area contributed by atoms with Gasteiger partial charge in [-0.25, -0.2) is 9.37 Å². The lowest BCUT2D eigenvalue weighted by Crippen LogP contribution is -2.39. The van der Waals surface area contributed by atoms with Crippen molar-refractivity contribution in [2.24, 2.45) is 0 Å². The van der Waals surface area contributed by atoms with Crippen molar-refractivity contribution in [1.82, 2.24) is 25.1 Å². The van der Waals surface area contributed by atoms with Crippen LogP contribution in [0.25, 0.3) is 11.5 Å². The molecule has 0 spiro atoms. The minimum Gasteiger partial charge on any atom is -0.421 e. The van der Waals surface area contributed by atoms with Gasteiger partial charge >= 0.3 is 6.18 Å². The standard InChI is InChI=1S/C21H21F4N5O2/c1-4-30(12(2)5-7-15-10-27-18(11-26-15)21(23,24)25)20(31)16-8-6-14(22)9-17(16)19-29-28-13(3)32-19/h6,8-12H,4-5,7H2,1-3H3/t12-/m0/s1. The molecule has 0 bridgehead atoms. The summed E-state index contributed by atoms with van der Waals surface area (Å²) < 4.78 is 57.1. The normalized spacial score (nSPS) is 12.6. The number of alkyl halides is 3. The minimum absolute atomic E-state index is 0.0362. The van der Waals surface area contributed by atoms with Crippen LogP contribution in [0, 0.1) is 12.7 Å². The molecule has 0 saturated heterocycles. The fourth-order valence-corrected chi connectivity index (χ4v) is 3.24. The zero-order chi connectivity index (χ0) is 23.5. The summed E-state index contributed by atoms with van der Waals surface area (Å²) in [6, 6.07) is 3.43. The molecule has 0 saturated carbocycles. The number of hydrogen-bond acceptors (Lipinski definition) is 6. The lowest BCUT2D eigenvalue weighted by atomic mass is 10.0. The Balaban J connectivity index is 1.76. The number of amides is 1. The van der Waals surface area contributed by atoms with Crippen molar-refractivity contribution in [3.8, 4) is 11.5 Å². The van der Waals surface area contributed by atoms with Gasteiger partial charge < -0.3 is 9.32 Å². The van der Waals surface area contributed by atoms with Gasteiger partial charge in [-0.1, -0.05) is 0 Å². The van der Waals surface area contributed by atoms with E-state index in [1.54, 1.807) is 18.7 Å². The number of rotatable bonds is 7. The second-order valence-electron chi connectivity index (χ2n) is 7.19. The topological polar surface area (TPSA) is 85.0 Å². The van der Waals surface area contributed by atoms with Crippen molar-refractivity contribution < 1.29 is 26.8 Å². The predicted octanol–water partition coefficient (Wildman–Crippen LogP) is 4.48. The van der Waals surface area contributed by atoms with Crippen LogP contribution in [-0.2, 0) is 12.6 Å². The zero-order valence-electron chi connectivity index (χ0n) is 17.6. The summed E-state index contributed by atoms with van der Waals surface area (Å²) in [5.41, 5.74) is -0.273. The third kappa shape index (κ3) is 5.27. The van der Waals surface area contributed by atoms with E-state index in [4.69, 9.17) is 4.42 Å². The molecule has 3 rings (SSSR count). The van der Waals surface area contributed by atoms with Gasteiger partial charge in [0.1, 0.15) is 5.82 Å². The molecule has 32 heavy (non-hydrogen) atoms. The van der Waals surface area contributed by atoms with Gasteiger partial charge in [-0.15, -0.1) is 10.2 Å². The third-order valence-electron chi connectivity index (χ3n) is 4.92. The molecule has 170 valence electrons. The van der Waals surface area contributed by atoms with Crippen molar-refractivity contribution >= 4 is 5.91 Å². The van der Waals surface area contributed by atoms with Crippen LogP contribution >= 0.6 is 0 Å². The summed E-state index contributed by atoms with van der Waals surface area (Å²) >= 11 is 0. The number of hydrogen-bond donors (Lipinski definition) is 0. The molecular formula is C21H21F4N5O2. The number of aryl methyl sites for hydroxylation is 2. The molecule has 3 aromatic rings. The van der Waals surface area contributed by atoms with Gasteiger partial charge in [-0.05, 0) is 44.9 Å². The summed E-state index contributed by atoms with van der Waals surface area (Å²) in [6.45, 7) is 5.56.